The molecule has 3 N–H and O–H groups in total. The van der Waals surface area contributed by atoms with E-state index in [2.05, 4.69) is 5.32 Å². The van der Waals surface area contributed by atoms with Crippen LogP contribution >= 0.6 is 0 Å². The molecule has 3 heteroatoms. The SMILES string of the molecule is CC(=O)Nc1cccc(CC[C@H](C)N)c1. The molecule has 0 aromatic heterocycles. The molecule has 0 aliphatic carbocycles. The van der Waals surface area contributed by atoms with Crippen LogP contribution < -0.4 is 11.1 Å². The third kappa shape index (κ3) is 4.61. The number of nitrogens with two attached hydrogens (primary N) is 1. The molecular weight excluding hydrogens is 188 g/mol. The van der Waals surface area contributed by atoms with E-state index in [1.807, 2.05) is 31.2 Å². The van der Waals surface area contributed by atoms with E-state index in [1.54, 1.807) is 0 Å². The highest BCUT2D eigenvalue weighted by atomic mass is 16.1. The molecule has 0 unspecified atom stereocenters. The lowest BCUT2D eigenvalue weighted by atomic mass is 10.1. The predicted molar refractivity (Wildman–Crippen MR) is 62.7 cm³/mol. The largest absolute Gasteiger partial charge is 0.328 e. The van der Waals surface area contributed by atoms with Crippen molar-refractivity contribution in [3.8, 4) is 0 Å². The zero-order chi connectivity index (χ0) is 11.3. The number of carbonyl (C=O) groups is 1. The molecule has 0 bridgehead atoms. The second-order valence-electron chi connectivity index (χ2n) is 3.90. The van der Waals surface area contributed by atoms with Gasteiger partial charge in [0.05, 0.1) is 0 Å². The normalized spacial score (nSPS) is 12.2. The van der Waals surface area contributed by atoms with Crippen molar-refractivity contribution in [2.45, 2.75) is 32.7 Å². The number of hydrogen-bond acceptors (Lipinski definition) is 2. The van der Waals surface area contributed by atoms with Crippen LogP contribution in [0.5, 0.6) is 0 Å². The first-order valence-electron chi connectivity index (χ1n) is 5.20. The fourth-order valence-corrected chi connectivity index (χ4v) is 1.40. The quantitative estimate of drug-likeness (QED) is 0.790. The molecule has 1 amide bonds. The summed E-state index contributed by atoms with van der Waals surface area (Å²) in [4.78, 5) is 10.9. The molecule has 0 spiro atoms. The molecule has 0 aliphatic heterocycles. The Bertz CT molecular complexity index is 334. The lowest BCUT2D eigenvalue weighted by Gasteiger charge is -2.07. The Morgan fingerprint density at radius 1 is 1.53 bits per heavy atom. The summed E-state index contributed by atoms with van der Waals surface area (Å²) in [6.07, 6.45) is 1.91. The first-order chi connectivity index (χ1) is 7.08. The van der Waals surface area contributed by atoms with Gasteiger partial charge in [-0.05, 0) is 37.5 Å². The highest BCUT2D eigenvalue weighted by Gasteiger charge is 1.99. The van der Waals surface area contributed by atoms with E-state index in [0.717, 1.165) is 18.5 Å². The van der Waals surface area contributed by atoms with Gasteiger partial charge in [0.15, 0.2) is 0 Å². The van der Waals surface area contributed by atoms with Crippen molar-refractivity contribution in [3.05, 3.63) is 29.8 Å². The number of anilines is 1. The average molecular weight is 206 g/mol. The van der Waals surface area contributed by atoms with E-state index in [9.17, 15) is 4.79 Å². The smallest absolute Gasteiger partial charge is 0.221 e. The Hall–Kier alpha value is -1.35. The van der Waals surface area contributed by atoms with Gasteiger partial charge in [-0.1, -0.05) is 12.1 Å². The minimum atomic E-state index is -0.0423. The number of nitrogens with one attached hydrogen (secondary N) is 1. The molecule has 1 aromatic carbocycles. The summed E-state index contributed by atoms with van der Waals surface area (Å²) in [5.41, 5.74) is 7.75. The zero-order valence-corrected chi connectivity index (χ0v) is 9.29. The minimum Gasteiger partial charge on any atom is -0.328 e. The van der Waals surface area contributed by atoms with Gasteiger partial charge in [-0.15, -0.1) is 0 Å². The molecule has 0 radical (unpaired) electrons. The maximum Gasteiger partial charge on any atom is 0.221 e. The molecule has 0 aliphatic rings. The monoisotopic (exact) mass is 206 g/mol. The van der Waals surface area contributed by atoms with E-state index in [4.69, 9.17) is 5.73 Å². The molecule has 3 nitrogen and oxygen atoms in total. The first kappa shape index (κ1) is 11.7. The van der Waals surface area contributed by atoms with Gasteiger partial charge in [0.1, 0.15) is 0 Å². The van der Waals surface area contributed by atoms with Crippen LogP contribution in [0.3, 0.4) is 0 Å². The number of aryl methyl sites for hydroxylation is 1. The van der Waals surface area contributed by atoms with Gasteiger partial charge < -0.3 is 11.1 Å². The Labute approximate surface area is 90.7 Å². The highest BCUT2D eigenvalue weighted by molar-refractivity contribution is 5.88. The van der Waals surface area contributed by atoms with Crippen molar-refractivity contribution in [1.82, 2.24) is 0 Å². The van der Waals surface area contributed by atoms with E-state index in [-0.39, 0.29) is 11.9 Å². The summed E-state index contributed by atoms with van der Waals surface area (Å²) in [6.45, 7) is 3.51. The summed E-state index contributed by atoms with van der Waals surface area (Å²) in [5.74, 6) is -0.0423. The van der Waals surface area contributed by atoms with Crippen molar-refractivity contribution in [1.29, 1.82) is 0 Å². The second kappa shape index (κ2) is 5.51. The lowest BCUT2D eigenvalue weighted by molar-refractivity contribution is -0.114. The fourth-order valence-electron chi connectivity index (χ4n) is 1.40. The van der Waals surface area contributed by atoms with E-state index < -0.39 is 0 Å². The molecule has 82 valence electrons. The highest BCUT2D eigenvalue weighted by Crippen LogP contribution is 2.12. The predicted octanol–water partition coefficient (Wildman–Crippen LogP) is 1.92. The van der Waals surface area contributed by atoms with Crippen molar-refractivity contribution in [2.24, 2.45) is 5.73 Å². The lowest BCUT2D eigenvalue weighted by Crippen LogP contribution is -2.15. The molecule has 1 atom stereocenters. The van der Waals surface area contributed by atoms with Crippen LogP contribution in [-0.4, -0.2) is 11.9 Å². The van der Waals surface area contributed by atoms with Crippen LogP contribution in [0.1, 0.15) is 25.8 Å². The van der Waals surface area contributed by atoms with Crippen LogP contribution in [-0.2, 0) is 11.2 Å². The summed E-state index contributed by atoms with van der Waals surface area (Å²) < 4.78 is 0. The van der Waals surface area contributed by atoms with Gasteiger partial charge >= 0.3 is 0 Å². The molecule has 0 heterocycles. The van der Waals surface area contributed by atoms with Crippen LogP contribution in [0.4, 0.5) is 5.69 Å². The Kier molecular flexibility index (Phi) is 4.31. The van der Waals surface area contributed by atoms with Gasteiger partial charge in [0.25, 0.3) is 0 Å². The van der Waals surface area contributed by atoms with Crippen molar-refractivity contribution in [2.75, 3.05) is 5.32 Å². The standard InChI is InChI=1S/C12H18N2O/c1-9(13)6-7-11-4-3-5-12(8-11)14-10(2)15/h3-5,8-9H,6-7,13H2,1-2H3,(H,14,15)/t9-/m0/s1. The summed E-state index contributed by atoms with van der Waals surface area (Å²) in [5, 5.41) is 2.76. The number of hydrogen-bond donors (Lipinski definition) is 2. The molecule has 1 rings (SSSR count). The van der Waals surface area contributed by atoms with Crippen molar-refractivity contribution >= 4 is 11.6 Å². The molecule has 0 saturated heterocycles. The fraction of sp³-hybridized carbons (Fsp3) is 0.417. The number of amides is 1. The van der Waals surface area contributed by atoms with E-state index >= 15 is 0 Å². The Morgan fingerprint density at radius 3 is 2.87 bits per heavy atom. The third-order valence-electron chi connectivity index (χ3n) is 2.14. The van der Waals surface area contributed by atoms with Crippen molar-refractivity contribution in [3.63, 3.8) is 0 Å². The van der Waals surface area contributed by atoms with Crippen LogP contribution in [0.2, 0.25) is 0 Å². The Morgan fingerprint density at radius 2 is 2.27 bits per heavy atom. The summed E-state index contributed by atoms with van der Waals surface area (Å²) in [6, 6.07) is 8.09. The second-order valence-corrected chi connectivity index (χ2v) is 3.90. The topological polar surface area (TPSA) is 55.1 Å². The summed E-state index contributed by atoms with van der Waals surface area (Å²) >= 11 is 0. The average Bonchev–Trinajstić information content (AvgIpc) is 2.14. The maximum absolute atomic E-state index is 10.9. The van der Waals surface area contributed by atoms with Gasteiger partial charge in [-0.3, -0.25) is 4.79 Å². The third-order valence-corrected chi connectivity index (χ3v) is 2.14. The molecular formula is C12H18N2O. The van der Waals surface area contributed by atoms with Gasteiger partial charge in [-0.25, -0.2) is 0 Å². The van der Waals surface area contributed by atoms with E-state index in [0.29, 0.717) is 0 Å². The molecule has 0 saturated carbocycles. The van der Waals surface area contributed by atoms with Gasteiger partial charge in [0, 0.05) is 18.7 Å². The summed E-state index contributed by atoms with van der Waals surface area (Å²) in [7, 11) is 0. The van der Waals surface area contributed by atoms with Crippen LogP contribution in [0.15, 0.2) is 24.3 Å². The van der Waals surface area contributed by atoms with Gasteiger partial charge in [-0.2, -0.15) is 0 Å². The zero-order valence-electron chi connectivity index (χ0n) is 9.29. The molecule has 1 aromatic rings. The van der Waals surface area contributed by atoms with Gasteiger partial charge in [0.2, 0.25) is 5.91 Å². The molecule has 15 heavy (non-hydrogen) atoms. The van der Waals surface area contributed by atoms with E-state index in [1.165, 1.54) is 12.5 Å². The Balaban J connectivity index is 2.61. The maximum atomic E-state index is 10.9. The van der Waals surface area contributed by atoms with Crippen LogP contribution in [0.25, 0.3) is 0 Å². The number of rotatable bonds is 4. The number of benzene rings is 1. The van der Waals surface area contributed by atoms with Crippen molar-refractivity contribution < 1.29 is 4.79 Å². The number of carbonyl (C=O) groups excluding carboxylic acids is 1. The molecule has 0 fully saturated rings. The minimum absolute atomic E-state index is 0.0423. The first-order valence-corrected chi connectivity index (χ1v) is 5.20. The van der Waals surface area contributed by atoms with Crippen LogP contribution in [0, 0.1) is 0 Å².